The molecule has 1 saturated heterocycles. The summed E-state index contributed by atoms with van der Waals surface area (Å²) >= 11 is 0. The molecule has 14 nitrogen and oxygen atoms in total. The fourth-order valence-electron chi connectivity index (χ4n) is 2.94. The molecule has 0 aliphatic carbocycles. The summed E-state index contributed by atoms with van der Waals surface area (Å²) in [4.78, 5) is 35.3. The maximum absolute atomic E-state index is 11.7. The average molecular weight is 430 g/mol. The number of rotatable bonds is 6. The largest absolute Gasteiger partial charge is 0.456 e. The lowest BCUT2D eigenvalue weighted by molar-refractivity contribution is -0.165. The van der Waals surface area contributed by atoms with Crippen molar-refractivity contribution in [3.63, 3.8) is 0 Å². The summed E-state index contributed by atoms with van der Waals surface area (Å²) in [5.41, 5.74) is 6.30. The standard InChI is InChI=1S/C14H18N6O8S/c1-6(21)26-10-8(3-25-29(16,23)24)28-14(11(10)27-7(2)22)20-5-19-9-12(15)17-4-18-13(9)20/h4-5,8,10-11,14H,3H2,1-2H3,(H2,15,17,18)(H2,16,23,24)/t8-,10-,11-,14-/m1/s1. The van der Waals surface area contributed by atoms with Crippen molar-refractivity contribution in [3.8, 4) is 0 Å². The molecule has 0 aromatic carbocycles. The number of hydrogen-bond donors (Lipinski definition) is 2. The van der Waals surface area contributed by atoms with E-state index in [0.29, 0.717) is 0 Å². The monoisotopic (exact) mass is 430 g/mol. The number of fused-ring (bicyclic) bond motifs is 1. The van der Waals surface area contributed by atoms with Gasteiger partial charge >= 0.3 is 22.2 Å². The van der Waals surface area contributed by atoms with Crippen LogP contribution in [0, 0.1) is 0 Å². The summed E-state index contributed by atoms with van der Waals surface area (Å²) < 4.78 is 44.6. The van der Waals surface area contributed by atoms with E-state index in [0.717, 1.165) is 13.8 Å². The van der Waals surface area contributed by atoms with Crippen LogP contribution in [0.15, 0.2) is 12.7 Å². The van der Waals surface area contributed by atoms with Crippen molar-refractivity contribution in [1.29, 1.82) is 0 Å². The first-order valence-corrected chi connectivity index (χ1v) is 9.64. The van der Waals surface area contributed by atoms with Gasteiger partial charge in [-0.3, -0.25) is 18.3 Å². The van der Waals surface area contributed by atoms with Crippen LogP contribution in [0.25, 0.3) is 11.2 Å². The van der Waals surface area contributed by atoms with Crippen molar-refractivity contribution >= 4 is 39.2 Å². The lowest BCUT2D eigenvalue weighted by Crippen LogP contribution is -2.41. The van der Waals surface area contributed by atoms with Gasteiger partial charge in [0.05, 0.1) is 12.9 Å². The first-order valence-electron chi connectivity index (χ1n) is 8.17. The van der Waals surface area contributed by atoms with Gasteiger partial charge in [0.2, 0.25) is 0 Å². The van der Waals surface area contributed by atoms with Crippen LogP contribution in [0.4, 0.5) is 5.82 Å². The third-order valence-corrected chi connectivity index (χ3v) is 4.41. The summed E-state index contributed by atoms with van der Waals surface area (Å²) in [5.74, 6) is -1.28. The van der Waals surface area contributed by atoms with E-state index in [-0.39, 0.29) is 17.0 Å². The van der Waals surface area contributed by atoms with Gasteiger partial charge in [-0.25, -0.2) is 20.1 Å². The van der Waals surface area contributed by atoms with E-state index in [2.05, 4.69) is 19.1 Å². The smallest absolute Gasteiger partial charge is 0.333 e. The molecule has 4 N–H and O–H groups in total. The van der Waals surface area contributed by atoms with E-state index in [4.69, 9.17) is 25.1 Å². The van der Waals surface area contributed by atoms with E-state index in [9.17, 15) is 18.0 Å². The molecule has 3 heterocycles. The van der Waals surface area contributed by atoms with E-state index >= 15 is 0 Å². The Morgan fingerprint density at radius 2 is 1.83 bits per heavy atom. The maximum Gasteiger partial charge on any atom is 0.333 e. The lowest BCUT2D eigenvalue weighted by Gasteiger charge is -2.23. The number of anilines is 1. The minimum Gasteiger partial charge on any atom is -0.456 e. The predicted octanol–water partition coefficient (Wildman–Crippen LogP) is -1.61. The Balaban J connectivity index is 2.02. The van der Waals surface area contributed by atoms with Gasteiger partial charge in [0.25, 0.3) is 0 Å². The summed E-state index contributed by atoms with van der Waals surface area (Å²) in [6, 6.07) is 0. The summed E-state index contributed by atoms with van der Waals surface area (Å²) in [5, 5.41) is 4.85. The van der Waals surface area contributed by atoms with Crippen molar-refractivity contribution in [2.45, 2.75) is 38.4 Å². The molecule has 0 saturated carbocycles. The number of carbonyl (C=O) groups is 2. The van der Waals surface area contributed by atoms with Gasteiger partial charge in [-0.1, -0.05) is 0 Å². The first-order chi connectivity index (χ1) is 13.6. The van der Waals surface area contributed by atoms with Crippen LogP contribution < -0.4 is 10.9 Å². The zero-order valence-corrected chi connectivity index (χ0v) is 16.1. The Morgan fingerprint density at radius 3 is 2.45 bits per heavy atom. The molecule has 1 fully saturated rings. The topological polar surface area (TPSA) is 201 Å². The first kappa shape index (κ1) is 20.8. The number of aromatic nitrogens is 4. The van der Waals surface area contributed by atoms with Crippen LogP contribution >= 0.6 is 0 Å². The molecule has 3 rings (SSSR count). The quantitative estimate of drug-likeness (QED) is 0.497. The summed E-state index contributed by atoms with van der Waals surface area (Å²) in [6.45, 7) is 1.70. The van der Waals surface area contributed by atoms with E-state index in [1.165, 1.54) is 17.2 Å². The fourth-order valence-corrected chi connectivity index (χ4v) is 3.26. The molecule has 29 heavy (non-hydrogen) atoms. The summed E-state index contributed by atoms with van der Waals surface area (Å²) in [6.07, 6.45) is -2.06. The molecule has 1 aliphatic heterocycles. The van der Waals surface area contributed by atoms with Crippen LogP contribution in [0.1, 0.15) is 20.1 Å². The molecule has 0 radical (unpaired) electrons. The van der Waals surface area contributed by atoms with Gasteiger partial charge in [0, 0.05) is 13.8 Å². The van der Waals surface area contributed by atoms with Crippen LogP contribution in [-0.2, 0) is 38.3 Å². The average Bonchev–Trinajstić information content (AvgIpc) is 3.15. The fraction of sp³-hybridized carbons (Fsp3) is 0.500. The Morgan fingerprint density at radius 1 is 1.17 bits per heavy atom. The molecule has 4 atom stereocenters. The number of nitrogens with zero attached hydrogens (tertiary/aromatic N) is 4. The van der Waals surface area contributed by atoms with Crippen molar-refractivity contribution in [2.75, 3.05) is 12.3 Å². The highest BCUT2D eigenvalue weighted by atomic mass is 32.2. The number of nitrogen functional groups attached to an aromatic ring is 1. The Kier molecular flexibility index (Phi) is 5.65. The number of carbonyl (C=O) groups excluding carboxylic acids is 2. The molecular formula is C14H18N6O8S. The van der Waals surface area contributed by atoms with Gasteiger partial charge in [-0.05, 0) is 0 Å². The zero-order valence-electron chi connectivity index (χ0n) is 15.3. The van der Waals surface area contributed by atoms with E-state index in [1.807, 2.05) is 0 Å². The molecule has 0 unspecified atom stereocenters. The van der Waals surface area contributed by atoms with Crippen LogP contribution in [0.3, 0.4) is 0 Å². The highest BCUT2D eigenvalue weighted by Gasteiger charge is 2.51. The van der Waals surface area contributed by atoms with Crippen molar-refractivity contribution in [2.24, 2.45) is 5.14 Å². The van der Waals surface area contributed by atoms with Crippen molar-refractivity contribution in [3.05, 3.63) is 12.7 Å². The number of imidazole rings is 1. The SMILES string of the molecule is CC(=O)O[C@@H]1[C@H](OC(C)=O)[C@@H](COS(N)(=O)=O)O[C@H]1n1cnc2c(N)ncnc21. The lowest BCUT2D eigenvalue weighted by atomic mass is 10.1. The zero-order chi connectivity index (χ0) is 21.3. The second kappa shape index (κ2) is 7.86. The van der Waals surface area contributed by atoms with Crippen molar-refractivity contribution < 1.29 is 36.4 Å². The molecule has 0 spiro atoms. The number of hydrogen-bond acceptors (Lipinski definition) is 12. The van der Waals surface area contributed by atoms with E-state index in [1.54, 1.807) is 0 Å². The Bertz CT molecular complexity index is 1040. The normalized spacial score (nSPS) is 24.5. The van der Waals surface area contributed by atoms with Gasteiger partial charge in [-0.15, -0.1) is 0 Å². The molecule has 158 valence electrons. The number of esters is 2. The molecule has 0 amide bonds. The van der Waals surface area contributed by atoms with Gasteiger partial charge in [-0.2, -0.15) is 8.42 Å². The minimum atomic E-state index is -4.30. The second-order valence-electron chi connectivity index (χ2n) is 6.07. The molecule has 0 bridgehead atoms. The molecule has 1 aliphatic rings. The maximum atomic E-state index is 11.7. The van der Waals surface area contributed by atoms with Crippen LogP contribution in [0.2, 0.25) is 0 Å². The Hall–Kier alpha value is -2.88. The molecular weight excluding hydrogens is 412 g/mol. The third kappa shape index (κ3) is 4.58. The predicted molar refractivity (Wildman–Crippen MR) is 93.8 cm³/mol. The third-order valence-electron chi connectivity index (χ3n) is 3.95. The Labute approximate surface area is 164 Å². The van der Waals surface area contributed by atoms with Crippen molar-refractivity contribution in [1.82, 2.24) is 19.5 Å². The highest BCUT2D eigenvalue weighted by molar-refractivity contribution is 7.84. The van der Waals surface area contributed by atoms with Crippen LogP contribution in [-0.4, -0.2) is 64.8 Å². The van der Waals surface area contributed by atoms with Gasteiger partial charge in [0.1, 0.15) is 17.9 Å². The highest BCUT2D eigenvalue weighted by Crippen LogP contribution is 2.36. The minimum absolute atomic E-state index is 0.112. The summed E-state index contributed by atoms with van der Waals surface area (Å²) in [7, 11) is -4.30. The van der Waals surface area contributed by atoms with E-state index < -0.39 is 53.4 Å². The molecule has 2 aromatic rings. The van der Waals surface area contributed by atoms with Crippen LogP contribution in [0.5, 0.6) is 0 Å². The van der Waals surface area contributed by atoms with Gasteiger partial charge < -0.3 is 19.9 Å². The number of nitrogens with two attached hydrogens (primary N) is 2. The molecule has 15 heteroatoms. The number of ether oxygens (including phenoxy) is 3. The van der Waals surface area contributed by atoms with Gasteiger partial charge in [0.15, 0.2) is 29.9 Å². The second-order valence-corrected chi connectivity index (χ2v) is 7.29. The molecule has 2 aromatic heterocycles.